The third kappa shape index (κ3) is 4.90. The van der Waals surface area contributed by atoms with Crippen molar-refractivity contribution in [3.63, 3.8) is 0 Å². The average molecular weight is 297 g/mol. The number of furan rings is 1. The highest BCUT2D eigenvalue weighted by Gasteiger charge is 2.35. The van der Waals surface area contributed by atoms with Crippen LogP contribution < -0.4 is 0 Å². The fourth-order valence-electron chi connectivity index (χ4n) is 2.65. The van der Waals surface area contributed by atoms with E-state index in [9.17, 15) is 19.9 Å². The summed E-state index contributed by atoms with van der Waals surface area (Å²) in [6.45, 7) is 3.72. The number of carbonyl (C=O) groups is 2. The van der Waals surface area contributed by atoms with Crippen LogP contribution in [-0.2, 0) is 16.0 Å². The van der Waals surface area contributed by atoms with Crippen LogP contribution in [0.2, 0.25) is 0 Å². The summed E-state index contributed by atoms with van der Waals surface area (Å²) in [5, 5.41) is 19.6. The van der Waals surface area contributed by atoms with Gasteiger partial charge in [-0.2, -0.15) is 0 Å². The van der Waals surface area contributed by atoms with E-state index in [4.69, 9.17) is 4.42 Å². The number of carboxylic acids is 1. The molecular formula is C15H23NO5. The van der Waals surface area contributed by atoms with E-state index in [0.29, 0.717) is 30.7 Å². The van der Waals surface area contributed by atoms with Crippen molar-refractivity contribution < 1.29 is 24.3 Å². The van der Waals surface area contributed by atoms with Crippen LogP contribution >= 0.6 is 0 Å². The van der Waals surface area contributed by atoms with Crippen LogP contribution in [0, 0.1) is 11.8 Å². The van der Waals surface area contributed by atoms with Gasteiger partial charge in [0.05, 0.1) is 24.5 Å². The second kappa shape index (κ2) is 8.46. The van der Waals surface area contributed by atoms with Gasteiger partial charge in [-0.3, -0.25) is 14.8 Å². The van der Waals surface area contributed by atoms with Crippen molar-refractivity contribution in [3.05, 3.63) is 24.2 Å². The number of aryl methyl sites for hydroxylation is 1. The highest BCUT2D eigenvalue weighted by Crippen LogP contribution is 2.26. The van der Waals surface area contributed by atoms with Gasteiger partial charge in [-0.15, -0.1) is 0 Å². The van der Waals surface area contributed by atoms with E-state index in [1.165, 1.54) is 0 Å². The predicted molar refractivity (Wildman–Crippen MR) is 75.7 cm³/mol. The minimum absolute atomic E-state index is 0.177. The van der Waals surface area contributed by atoms with Crippen LogP contribution in [-0.4, -0.2) is 33.8 Å². The van der Waals surface area contributed by atoms with Gasteiger partial charge in [0.15, 0.2) is 0 Å². The van der Waals surface area contributed by atoms with Gasteiger partial charge < -0.3 is 9.52 Å². The SMILES string of the molecule is CCC[C@@H]([C@H](C(=O)O)C(C)CCc1ccoc1)N(O)C=O. The van der Waals surface area contributed by atoms with Gasteiger partial charge in [0.2, 0.25) is 6.41 Å². The van der Waals surface area contributed by atoms with Gasteiger partial charge in [0.25, 0.3) is 0 Å². The summed E-state index contributed by atoms with van der Waals surface area (Å²) in [7, 11) is 0. The maximum absolute atomic E-state index is 11.6. The summed E-state index contributed by atoms with van der Waals surface area (Å²) in [6.07, 6.45) is 5.97. The highest BCUT2D eigenvalue weighted by molar-refractivity contribution is 5.71. The molecule has 1 aromatic heterocycles. The number of carboxylic acid groups (broad SMARTS) is 1. The van der Waals surface area contributed by atoms with Crippen molar-refractivity contribution in [2.75, 3.05) is 0 Å². The Morgan fingerprint density at radius 3 is 2.67 bits per heavy atom. The highest BCUT2D eigenvalue weighted by atomic mass is 16.5. The van der Waals surface area contributed by atoms with Gasteiger partial charge >= 0.3 is 5.97 Å². The van der Waals surface area contributed by atoms with Crippen LogP contribution in [0.25, 0.3) is 0 Å². The Bertz CT molecular complexity index is 431. The fraction of sp³-hybridized carbons (Fsp3) is 0.600. The maximum Gasteiger partial charge on any atom is 0.308 e. The number of nitrogens with zero attached hydrogens (tertiary/aromatic N) is 1. The standard InChI is InChI=1S/C15H23NO5/c1-3-4-13(16(20)10-17)14(15(18)19)11(2)5-6-12-7-8-21-9-12/h7-11,13-14,20H,3-6H2,1-2H3,(H,18,19)/t11?,13-,14+/m0/s1. The monoisotopic (exact) mass is 297 g/mol. The van der Waals surface area contributed by atoms with Gasteiger partial charge in [0.1, 0.15) is 0 Å². The molecule has 3 atom stereocenters. The first-order valence-electron chi connectivity index (χ1n) is 7.17. The first kappa shape index (κ1) is 17.2. The van der Waals surface area contributed by atoms with E-state index >= 15 is 0 Å². The van der Waals surface area contributed by atoms with E-state index in [-0.39, 0.29) is 12.3 Å². The number of aliphatic carboxylic acids is 1. The van der Waals surface area contributed by atoms with E-state index in [1.54, 1.807) is 12.5 Å². The number of hydroxylamine groups is 2. The largest absolute Gasteiger partial charge is 0.481 e. The molecule has 6 heteroatoms. The van der Waals surface area contributed by atoms with E-state index in [2.05, 4.69) is 0 Å². The Morgan fingerprint density at radius 1 is 1.48 bits per heavy atom. The zero-order valence-electron chi connectivity index (χ0n) is 12.4. The van der Waals surface area contributed by atoms with Gasteiger partial charge in [-0.25, -0.2) is 5.06 Å². The molecule has 1 rings (SSSR count). The smallest absolute Gasteiger partial charge is 0.308 e. The molecule has 1 amide bonds. The fourth-order valence-corrected chi connectivity index (χ4v) is 2.65. The number of rotatable bonds is 10. The number of hydrogen-bond donors (Lipinski definition) is 2. The summed E-state index contributed by atoms with van der Waals surface area (Å²) < 4.78 is 4.99. The van der Waals surface area contributed by atoms with Gasteiger partial charge in [-0.05, 0) is 36.8 Å². The molecule has 0 aliphatic carbocycles. The lowest BCUT2D eigenvalue weighted by Gasteiger charge is -2.31. The average Bonchev–Trinajstić information content (AvgIpc) is 2.96. The predicted octanol–water partition coefficient (Wildman–Crippen LogP) is 2.57. The molecule has 21 heavy (non-hydrogen) atoms. The third-order valence-corrected chi connectivity index (χ3v) is 3.81. The van der Waals surface area contributed by atoms with Crippen molar-refractivity contribution in [1.29, 1.82) is 0 Å². The molecule has 118 valence electrons. The molecule has 1 aromatic rings. The lowest BCUT2D eigenvalue weighted by Crippen LogP contribution is -2.44. The zero-order valence-corrected chi connectivity index (χ0v) is 12.4. The lowest BCUT2D eigenvalue weighted by atomic mass is 9.82. The molecule has 0 aliphatic rings. The Balaban J connectivity index is 2.77. The van der Waals surface area contributed by atoms with E-state index in [1.807, 2.05) is 19.9 Å². The summed E-state index contributed by atoms with van der Waals surface area (Å²) in [4.78, 5) is 22.4. The minimum Gasteiger partial charge on any atom is -0.481 e. The van der Waals surface area contributed by atoms with Crippen LogP contribution in [0.4, 0.5) is 0 Å². The number of carbonyl (C=O) groups excluding carboxylic acids is 1. The van der Waals surface area contributed by atoms with Crippen molar-refractivity contribution in [2.24, 2.45) is 11.8 Å². The van der Waals surface area contributed by atoms with Crippen molar-refractivity contribution in [3.8, 4) is 0 Å². The van der Waals surface area contributed by atoms with Crippen molar-refractivity contribution in [2.45, 2.75) is 45.6 Å². The van der Waals surface area contributed by atoms with Gasteiger partial charge in [-0.1, -0.05) is 20.3 Å². The summed E-state index contributed by atoms with van der Waals surface area (Å²) in [5.74, 6) is -1.97. The Labute approximate surface area is 124 Å². The lowest BCUT2D eigenvalue weighted by molar-refractivity contribution is -0.175. The van der Waals surface area contributed by atoms with Crippen LogP contribution in [0.5, 0.6) is 0 Å². The molecule has 0 fully saturated rings. The molecular weight excluding hydrogens is 274 g/mol. The molecule has 0 aromatic carbocycles. The van der Waals surface area contributed by atoms with Gasteiger partial charge in [0, 0.05) is 0 Å². The molecule has 1 unspecified atom stereocenters. The molecule has 0 saturated carbocycles. The van der Waals surface area contributed by atoms with Crippen LogP contribution in [0.1, 0.15) is 38.7 Å². The van der Waals surface area contributed by atoms with Crippen molar-refractivity contribution in [1.82, 2.24) is 5.06 Å². The Kier molecular flexibility index (Phi) is 6.94. The Morgan fingerprint density at radius 2 is 2.19 bits per heavy atom. The second-order valence-electron chi connectivity index (χ2n) is 5.35. The normalized spacial score (nSPS) is 15.2. The molecule has 0 aliphatic heterocycles. The summed E-state index contributed by atoms with van der Waals surface area (Å²) >= 11 is 0. The van der Waals surface area contributed by atoms with Crippen LogP contribution in [0.15, 0.2) is 23.0 Å². The molecule has 0 radical (unpaired) electrons. The zero-order chi connectivity index (χ0) is 15.8. The minimum atomic E-state index is -0.992. The second-order valence-corrected chi connectivity index (χ2v) is 5.35. The maximum atomic E-state index is 11.6. The third-order valence-electron chi connectivity index (χ3n) is 3.81. The number of hydrogen-bond acceptors (Lipinski definition) is 4. The molecule has 0 saturated heterocycles. The van der Waals surface area contributed by atoms with Crippen molar-refractivity contribution >= 4 is 12.4 Å². The molecule has 6 nitrogen and oxygen atoms in total. The molecule has 0 spiro atoms. The first-order chi connectivity index (χ1) is 10.0. The Hall–Kier alpha value is -1.82. The van der Waals surface area contributed by atoms with E-state index < -0.39 is 17.9 Å². The molecule has 2 N–H and O–H groups in total. The first-order valence-corrected chi connectivity index (χ1v) is 7.17. The topological polar surface area (TPSA) is 91.0 Å². The summed E-state index contributed by atoms with van der Waals surface area (Å²) in [6, 6.07) is 1.14. The van der Waals surface area contributed by atoms with E-state index in [0.717, 1.165) is 5.56 Å². The quantitative estimate of drug-likeness (QED) is 0.393. The molecule has 0 bridgehead atoms. The number of amides is 1. The molecule has 1 heterocycles. The van der Waals surface area contributed by atoms with Crippen LogP contribution in [0.3, 0.4) is 0 Å². The summed E-state index contributed by atoms with van der Waals surface area (Å²) in [5.41, 5.74) is 1.01.